The Bertz CT molecular complexity index is 1030. The molecule has 2 nitrogen and oxygen atoms in total. The third-order valence-corrected chi connectivity index (χ3v) is 5.71. The molecule has 0 bridgehead atoms. The molecule has 2 heteroatoms. The molecule has 1 aromatic heterocycles. The Morgan fingerprint density at radius 1 is 1.00 bits per heavy atom. The van der Waals surface area contributed by atoms with E-state index >= 15 is 0 Å². The third kappa shape index (κ3) is 7.46. The zero-order chi connectivity index (χ0) is 24.3. The van der Waals surface area contributed by atoms with Crippen LogP contribution in [0.2, 0.25) is 0 Å². The van der Waals surface area contributed by atoms with E-state index in [2.05, 4.69) is 87.9 Å². The van der Waals surface area contributed by atoms with Crippen molar-refractivity contribution in [1.29, 1.82) is 0 Å². The summed E-state index contributed by atoms with van der Waals surface area (Å²) in [6.45, 7) is 26.7. The highest BCUT2D eigenvalue weighted by Crippen LogP contribution is 2.34. The van der Waals surface area contributed by atoms with Crippen molar-refractivity contribution in [3.8, 4) is 0 Å². The molecule has 0 aliphatic heterocycles. The minimum absolute atomic E-state index is 0.263. The van der Waals surface area contributed by atoms with Crippen molar-refractivity contribution < 1.29 is 0 Å². The van der Waals surface area contributed by atoms with E-state index in [-0.39, 0.29) is 5.41 Å². The summed E-state index contributed by atoms with van der Waals surface area (Å²) in [5.41, 5.74) is 8.21. The normalized spacial score (nSPS) is 14.3. The molecule has 168 valence electrons. The van der Waals surface area contributed by atoms with E-state index in [0.717, 1.165) is 39.2 Å². The van der Waals surface area contributed by atoms with Crippen LogP contribution in [-0.2, 0) is 0 Å². The lowest BCUT2D eigenvalue weighted by atomic mass is 9.78. The number of rotatable bonds is 10. The van der Waals surface area contributed by atoms with Crippen molar-refractivity contribution in [2.45, 2.75) is 48.5 Å². The number of aromatic nitrogens is 1. The molecule has 0 aliphatic carbocycles. The molecule has 0 spiro atoms. The van der Waals surface area contributed by atoms with Gasteiger partial charge in [-0.1, -0.05) is 81.7 Å². The minimum Gasteiger partial charge on any atom is -0.269 e. The van der Waals surface area contributed by atoms with Crippen molar-refractivity contribution in [3.63, 3.8) is 0 Å². The van der Waals surface area contributed by atoms with Crippen LogP contribution in [0.25, 0.3) is 5.57 Å². The van der Waals surface area contributed by atoms with E-state index < -0.39 is 0 Å². The van der Waals surface area contributed by atoms with Crippen molar-refractivity contribution >= 4 is 12.3 Å². The maximum atomic E-state index is 4.36. The summed E-state index contributed by atoms with van der Waals surface area (Å²) >= 11 is 0. The molecule has 1 aromatic rings. The van der Waals surface area contributed by atoms with Gasteiger partial charge in [-0.15, -0.1) is 0 Å². The number of aryl methyl sites for hydroxylation is 1. The summed E-state index contributed by atoms with van der Waals surface area (Å²) in [5.74, 6) is 0. The first-order chi connectivity index (χ1) is 15.1. The fourth-order valence-corrected chi connectivity index (χ4v) is 3.11. The van der Waals surface area contributed by atoms with E-state index in [1.165, 1.54) is 5.57 Å². The predicted octanol–water partition coefficient (Wildman–Crippen LogP) is 8.54. The first-order valence-corrected chi connectivity index (χ1v) is 10.9. The summed E-state index contributed by atoms with van der Waals surface area (Å²) in [7, 11) is 0. The maximum absolute atomic E-state index is 4.36. The first-order valence-electron chi connectivity index (χ1n) is 10.9. The van der Waals surface area contributed by atoms with Crippen LogP contribution in [0.1, 0.15) is 52.8 Å². The highest BCUT2D eigenvalue weighted by Gasteiger charge is 2.21. The van der Waals surface area contributed by atoms with Gasteiger partial charge in [0.05, 0.1) is 0 Å². The van der Waals surface area contributed by atoms with Crippen LogP contribution in [0.5, 0.6) is 0 Å². The summed E-state index contributed by atoms with van der Waals surface area (Å²) < 4.78 is 0. The highest BCUT2D eigenvalue weighted by atomic mass is 14.7. The Balaban J connectivity index is 2.95. The Hall–Kier alpha value is -3.26. The molecule has 0 saturated heterocycles. The van der Waals surface area contributed by atoms with Crippen LogP contribution in [0, 0.1) is 12.3 Å². The molecule has 1 rings (SSSR count). The Morgan fingerprint density at radius 3 is 2.12 bits per heavy atom. The Kier molecular flexibility index (Phi) is 10.5. The standard InChI is InChI=1S/C30H38N2/c1-11-15-28(26(6)31-10)22(2)16-12-18-24(4)30(8,9)25(5)19-13-17-23(3)29-20-14-21-32-27(29)7/h11-21H,4-5,10H2,1-3,6-9H3/b15-11-,18-12-,19-13-,22-16+,23-17+,28-26+. The average Bonchev–Trinajstić information content (AvgIpc) is 2.76. The second kappa shape index (κ2) is 12.6. The summed E-state index contributed by atoms with van der Waals surface area (Å²) in [5, 5.41) is 0. The van der Waals surface area contributed by atoms with Crippen LogP contribution >= 0.6 is 0 Å². The molecule has 0 N–H and O–H groups in total. The van der Waals surface area contributed by atoms with E-state index in [1.807, 2.05) is 57.3 Å². The van der Waals surface area contributed by atoms with Gasteiger partial charge in [0.25, 0.3) is 0 Å². The molecule has 0 radical (unpaired) electrons. The smallest absolute Gasteiger partial charge is 0.0447 e. The number of pyridine rings is 1. The van der Waals surface area contributed by atoms with Gasteiger partial charge in [-0.25, -0.2) is 0 Å². The molecular formula is C30H38N2. The van der Waals surface area contributed by atoms with Crippen LogP contribution < -0.4 is 0 Å². The SMILES string of the molecule is C=N/C(C)=C(\C=C/C)C(/C)=C/C=C\C(=C)C(C)(C)C(=C)/C=C\C=C(/C)c1cccnc1C. The lowest BCUT2D eigenvalue weighted by Gasteiger charge is -2.26. The number of hydrogen-bond acceptors (Lipinski definition) is 2. The van der Waals surface area contributed by atoms with Gasteiger partial charge in [-0.2, -0.15) is 0 Å². The third-order valence-electron chi connectivity index (χ3n) is 5.71. The number of hydrogen-bond donors (Lipinski definition) is 0. The van der Waals surface area contributed by atoms with Gasteiger partial charge in [0, 0.05) is 23.0 Å². The van der Waals surface area contributed by atoms with Crippen molar-refractivity contribution in [2.75, 3.05) is 0 Å². The van der Waals surface area contributed by atoms with E-state index in [9.17, 15) is 0 Å². The number of allylic oxidation sites excluding steroid dienone is 14. The topological polar surface area (TPSA) is 25.2 Å². The quantitative estimate of drug-likeness (QED) is 0.272. The van der Waals surface area contributed by atoms with Gasteiger partial charge in [0.2, 0.25) is 0 Å². The molecule has 0 aliphatic rings. The lowest BCUT2D eigenvalue weighted by molar-refractivity contribution is 0.570. The van der Waals surface area contributed by atoms with Crippen LogP contribution in [0.3, 0.4) is 0 Å². The lowest BCUT2D eigenvalue weighted by Crippen LogP contribution is -2.14. The molecule has 0 unspecified atom stereocenters. The number of nitrogens with zero attached hydrogens (tertiary/aromatic N) is 2. The fraction of sp³-hybridized carbons (Fsp3) is 0.267. The predicted molar refractivity (Wildman–Crippen MR) is 144 cm³/mol. The minimum atomic E-state index is -0.263. The van der Waals surface area contributed by atoms with Gasteiger partial charge >= 0.3 is 0 Å². The van der Waals surface area contributed by atoms with Crippen molar-refractivity contribution in [3.05, 3.63) is 119 Å². The summed E-state index contributed by atoms with van der Waals surface area (Å²) in [4.78, 5) is 8.43. The van der Waals surface area contributed by atoms with Crippen LogP contribution in [-0.4, -0.2) is 11.7 Å². The zero-order valence-corrected chi connectivity index (χ0v) is 20.9. The molecule has 1 heterocycles. The van der Waals surface area contributed by atoms with Crippen LogP contribution in [0.15, 0.2) is 113 Å². The summed E-state index contributed by atoms with van der Waals surface area (Å²) in [6, 6.07) is 4.05. The number of aliphatic imine (C=N–C) groups is 1. The van der Waals surface area contributed by atoms with Crippen LogP contribution in [0.4, 0.5) is 0 Å². The molecule has 0 fully saturated rings. The van der Waals surface area contributed by atoms with Crippen molar-refractivity contribution in [1.82, 2.24) is 4.98 Å². The molecule has 0 atom stereocenters. The van der Waals surface area contributed by atoms with Gasteiger partial charge in [0.1, 0.15) is 0 Å². The van der Waals surface area contributed by atoms with Crippen molar-refractivity contribution in [2.24, 2.45) is 10.4 Å². The molecule has 32 heavy (non-hydrogen) atoms. The molecule has 0 amide bonds. The van der Waals surface area contributed by atoms with E-state index in [4.69, 9.17) is 0 Å². The maximum Gasteiger partial charge on any atom is 0.0447 e. The van der Waals surface area contributed by atoms with Gasteiger partial charge in [-0.05, 0) is 80.8 Å². The van der Waals surface area contributed by atoms with Gasteiger partial charge < -0.3 is 0 Å². The largest absolute Gasteiger partial charge is 0.269 e. The Labute approximate surface area is 195 Å². The second-order valence-electron chi connectivity index (χ2n) is 8.39. The highest BCUT2D eigenvalue weighted by molar-refractivity contribution is 5.66. The van der Waals surface area contributed by atoms with E-state index in [0.29, 0.717) is 0 Å². The molecule has 0 saturated carbocycles. The molecule has 0 aromatic carbocycles. The van der Waals surface area contributed by atoms with Gasteiger partial charge in [0.15, 0.2) is 0 Å². The first kappa shape index (κ1) is 26.8. The van der Waals surface area contributed by atoms with E-state index in [1.54, 1.807) is 0 Å². The van der Waals surface area contributed by atoms with Gasteiger partial charge in [-0.3, -0.25) is 9.98 Å². The fourth-order valence-electron chi connectivity index (χ4n) is 3.11. The molecular weight excluding hydrogens is 388 g/mol. The monoisotopic (exact) mass is 426 g/mol. The zero-order valence-electron chi connectivity index (χ0n) is 20.9. The average molecular weight is 427 g/mol. The Morgan fingerprint density at radius 2 is 1.59 bits per heavy atom. The summed E-state index contributed by atoms with van der Waals surface area (Å²) in [6.07, 6.45) is 18.2. The second-order valence-corrected chi connectivity index (χ2v) is 8.39.